The summed E-state index contributed by atoms with van der Waals surface area (Å²) in [6.07, 6.45) is 1.44. The highest BCUT2D eigenvalue weighted by Gasteiger charge is 2.34. The number of hydrogen-bond acceptors (Lipinski definition) is 10. The van der Waals surface area contributed by atoms with Gasteiger partial charge in [-0.25, -0.2) is 4.98 Å². The molecule has 0 spiro atoms. The predicted octanol–water partition coefficient (Wildman–Crippen LogP) is 4.89. The Kier molecular flexibility index (Phi) is 7.82. The molecule has 206 valence electrons. The summed E-state index contributed by atoms with van der Waals surface area (Å²) in [5, 5.41) is 8.97. The van der Waals surface area contributed by atoms with E-state index in [4.69, 9.17) is 15.0 Å². The lowest BCUT2D eigenvalue weighted by atomic mass is 10.1. The number of piperazine rings is 1. The van der Waals surface area contributed by atoms with Crippen LogP contribution in [0.15, 0.2) is 71.3 Å². The molecule has 12 heteroatoms. The van der Waals surface area contributed by atoms with Crippen LogP contribution in [0.5, 0.6) is 11.9 Å². The van der Waals surface area contributed by atoms with Gasteiger partial charge in [0.15, 0.2) is 5.82 Å². The standard InChI is InChI=1S/C29H25BrN8O2S/c1-36-12-14-37(15-13-36)28-33-26(34-29(35-28)40-24-11-2-19(16-31)17-32-24)20-5-9-23(10-6-20)38-25(39)18-41-27(38)21-3-7-22(30)8-4-21/h2-11,17,27H,12-15,18H2,1H3. The number of amides is 1. The van der Waals surface area contributed by atoms with Gasteiger partial charge in [0.25, 0.3) is 0 Å². The number of rotatable bonds is 6. The fourth-order valence-corrected chi connectivity index (χ4v) is 6.06. The normalized spacial score (nSPS) is 17.5. The van der Waals surface area contributed by atoms with Crippen molar-refractivity contribution < 1.29 is 9.53 Å². The molecule has 41 heavy (non-hydrogen) atoms. The summed E-state index contributed by atoms with van der Waals surface area (Å²) in [6, 6.07) is 21.1. The molecular weight excluding hydrogens is 604 g/mol. The van der Waals surface area contributed by atoms with Gasteiger partial charge in [-0.2, -0.15) is 20.2 Å². The minimum Gasteiger partial charge on any atom is -0.405 e. The number of thioether (sulfide) groups is 1. The van der Waals surface area contributed by atoms with Crippen molar-refractivity contribution in [3.05, 3.63) is 82.5 Å². The Morgan fingerprint density at radius 3 is 2.41 bits per heavy atom. The maximum Gasteiger partial charge on any atom is 0.328 e. The second kappa shape index (κ2) is 11.8. The molecule has 2 aromatic heterocycles. The number of nitrogens with zero attached hydrogens (tertiary/aromatic N) is 8. The quantitative estimate of drug-likeness (QED) is 0.292. The molecule has 10 nitrogen and oxygen atoms in total. The number of nitriles is 1. The maximum absolute atomic E-state index is 12.9. The van der Waals surface area contributed by atoms with E-state index >= 15 is 0 Å². The first-order valence-electron chi connectivity index (χ1n) is 13.0. The summed E-state index contributed by atoms with van der Waals surface area (Å²) in [6.45, 7) is 3.34. The van der Waals surface area contributed by atoms with E-state index in [0.29, 0.717) is 23.1 Å². The molecule has 4 heterocycles. The van der Waals surface area contributed by atoms with E-state index < -0.39 is 0 Å². The van der Waals surface area contributed by atoms with Crippen LogP contribution in [-0.4, -0.2) is 69.7 Å². The zero-order chi connectivity index (χ0) is 28.3. The van der Waals surface area contributed by atoms with E-state index in [-0.39, 0.29) is 23.2 Å². The molecule has 6 rings (SSSR count). The third-order valence-corrected chi connectivity index (χ3v) is 8.62. The average Bonchev–Trinajstić information content (AvgIpc) is 3.39. The molecule has 2 aliphatic rings. The Morgan fingerprint density at radius 1 is 0.976 bits per heavy atom. The summed E-state index contributed by atoms with van der Waals surface area (Å²) >= 11 is 5.10. The summed E-state index contributed by atoms with van der Waals surface area (Å²) in [5.41, 5.74) is 3.08. The lowest BCUT2D eigenvalue weighted by Gasteiger charge is -2.32. The molecule has 2 aliphatic heterocycles. The van der Waals surface area contributed by atoms with E-state index in [0.717, 1.165) is 47.5 Å². The van der Waals surface area contributed by atoms with Crippen molar-refractivity contribution in [3.8, 4) is 29.3 Å². The van der Waals surface area contributed by atoms with Crippen LogP contribution in [0, 0.1) is 11.3 Å². The van der Waals surface area contributed by atoms with Gasteiger partial charge in [-0.15, -0.1) is 11.8 Å². The van der Waals surface area contributed by atoms with Crippen LogP contribution in [0.1, 0.15) is 16.5 Å². The average molecular weight is 630 g/mol. The van der Waals surface area contributed by atoms with Crippen molar-refractivity contribution in [1.29, 1.82) is 5.26 Å². The summed E-state index contributed by atoms with van der Waals surface area (Å²) < 4.78 is 6.90. The highest BCUT2D eigenvalue weighted by molar-refractivity contribution is 9.10. The Labute approximate surface area is 250 Å². The van der Waals surface area contributed by atoms with E-state index in [2.05, 4.69) is 47.7 Å². The van der Waals surface area contributed by atoms with Gasteiger partial charge in [0.1, 0.15) is 11.4 Å². The number of halogens is 1. The fourth-order valence-electron chi connectivity index (χ4n) is 4.62. The lowest BCUT2D eigenvalue weighted by Crippen LogP contribution is -2.45. The van der Waals surface area contributed by atoms with Crippen LogP contribution in [0.3, 0.4) is 0 Å². The number of likely N-dealkylation sites (N-methyl/N-ethyl adjacent to an activating group) is 1. The van der Waals surface area contributed by atoms with Crippen LogP contribution in [0.2, 0.25) is 0 Å². The fraction of sp³-hybridized carbons (Fsp3) is 0.241. The van der Waals surface area contributed by atoms with Crippen molar-refractivity contribution >= 4 is 45.2 Å². The monoisotopic (exact) mass is 628 g/mol. The van der Waals surface area contributed by atoms with Crippen molar-refractivity contribution in [3.63, 3.8) is 0 Å². The van der Waals surface area contributed by atoms with Gasteiger partial charge in [-0.1, -0.05) is 28.1 Å². The molecule has 1 atom stereocenters. The number of aromatic nitrogens is 4. The summed E-state index contributed by atoms with van der Waals surface area (Å²) in [5.74, 6) is 1.76. The summed E-state index contributed by atoms with van der Waals surface area (Å²) in [7, 11) is 2.09. The van der Waals surface area contributed by atoms with Gasteiger partial charge in [-0.3, -0.25) is 9.69 Å². The highest BCUT2D eigenvalue weighted by Crippen LogP contribution is 2.42. The number of carbonyl (C=O) groups is 1. The van der Waals surface area contributed by atoms with Crippen LogP contribution in [0.25, 0.3) is 11.4 Å². The summed E-state index contributed by atoms with van der Waals surface area (Å²) in [4.78, 5) is 37.3. The number of anilines is 2. The predicted molar refractivity (Wildman–Crippen MR) is 161 cm³/mol. The Morgan fingerprint density at radius 2 is 1.73 bits per heavy atom. The molecule has 2 aromatic carbocycles. The minimum absolute atomic E-state index is 0.0683. The van der Waals surface area contributed by atoms with Gasteiger partial charge in [0.2, 0.25) is 17.7 Å². The topological polar surface area (TPSA) is 111 Å². The van der Waals surface area contributed by atoms with Crippen molar-refractivity contribution in [2.24, 2.45) is 0 Å². The lowest BCUT2D eigenvalue weighted by molar-refractivity contribution is -0.115. The first kappa shape index (κ1) is 27.1. The van der Waals surface area contributed by atoms with Crippen LogP contribution < -0.4 is 14.5 Å². The number of ether oxygens (including phenoxy) is 1. The molecule has 0 N–H and O–H groups in total. The van der Waals surface area contributed by atoms with Crippen molar-refractivity contribution in [1.82, 2.24) is 24.8 Å². The van der Waals surface area contributed by atoms with Gasteiger partial charge in [0, 0.05) is 54.2 Å². The highest BCUT2D eigenvalue weighted by atomic mass is 79.9. The van der Waals surface area contributed by atoms with E-state index in [1.807, 2.05) is 59.5 Å². The van der Waals surface area contributed by atoms with Crippen molar-refractivity contribution in [2.45, 2.75) is 5.37 Å². The molecule has 0 aliphatic carbocycles. The number of pyridine rings is 1. The zero-order valence-electron chi connectivity index (χ0n) is 22.1. The molecular formula is C29H25BrN8O2S. The van der Waals surface area contributed by atoms with Gasteiger partial charge < -0.3 is 14.5 Å². The molecule has 4 aromatic rings. The maximum atomic E-state index is 12.9. The molecule has 2 saturated heterocycles. The second-order valence-electron chi connectivity index (χ2n) is 9.66. The smallest absolute Gasteiger partial charge is 0.328 e. The largest absolute Gasteiger partial charge is 0.405 e. The number of carbonyl (C=O) groups excluding carboxylic acids is 1. The number of hydrogen-bond donors (Lipinski definition) is 0. The Bertz CT molecular complexity index is 1590. The van der Waals surface area contributed by atoms with Crippen LogP contribution in [-0.2, 0) is 4.79 Å². The molecule has 0 bridgehead atoms. The van der Waals surface area contributed by atoms with Crippen molar-refractivity contribution in [2.75, 3.05) is 48.8 Å². The molecule has 1 amide bonds. The van der Waals surface area contributed by atoms with Gasteiger partial charge in [-0.05, 0) is 55.1 Å². The van der Waals surface area contributed by atoms with E-state index in [9.17, 15) is 4.79 Å². The zero-order valence-corrected chi connectivity index (χ0v) is 24.5. The van der Waals surface area contributed by atoms with Crippen LogP contribution >= 0.6 is 27.7 Å². The first-order valence-corrected chi connectivity index (χ1v) is 14.8. The minimum atomic E-state index is -0.0950. The molecule has 0 radical (unpaired) electrons. The Balaban J connectivity index is 1.30. The van der Waals surface area contributed by atoms with Gasteiger partial charge >= 0.3 is 6.01 Å². The molecule has 2 fully saturated rings. The third kappa shape index (κ3) is 6.02. The number of benzene rings is 2. The first-order chi connectivity index (χ1) is 20.0. The molecule has 0 saturated carbocycles. The van der Waals surface area contributed by atoms with E-state index in [1.54, 1.807) is 23.9 Å². The molecule has 1 unspecified atom stereocenters. The third-order valence-electron chi connectivity index (χ3n) is 6.88. The van der Waals surface area contributed by atoms with Crippen LogP contribution in [0.4, 0.5) is 11.6 Å². The SMILES string of the molecule is CN1CCN(c2nc(Oc3ccc(C#N)cn3)nc(-c3ccc(N4C(=O)CSC4c4ccc(Br)cc4)cc3)n2)CC1. The Hall–Kier alpha value is -4.05. The van der Waals surface area contributed by atoms with Gasteiger partial charge in [0.05, 0.1) is 11.3 Å². The second-order valence-corrected chi connectivity index (χ2v) is 11.6. The van der Waals surface area contributed by atoms with E-state index in [1.165, 1.54) is 6.20 Å².